The normalized spacial score (nSPS) is 21.7. The summed E-state index contributed by atoms with van der Waals surface area (Å²) < 4.78 is 6.42. The fraction of sp³-hybridized carbons (Fsp3) is 0.625. The molecule has 1 aromatic rings. The molecule has 2 rings (SSSR count). The van der Waals surface area contributed by atoms with Gasteiger partial charge in [0.1, 0.15) is 0 Å². The van der Waals surface area contributed by atoms with E-state index in [1.54, 1.807) is 7.11 Å². The molecule has 112 valence electrons. The molecule has 1 aliphatic heterocycles. The van der Waals surface area contributed by atoms with Gasteiger partial charge in [0.25, 0.3) is 0 Å². The van der Waals surface area contributed by atoms with Crippen LogP contribution in [0.25, 0.3) is 0 Å². The van der Waals surface area contributed by atoms with Crippen LogP contribution >= 0.6 is 15.9 Å². The van der Waals surface area contributed by atoms with E-state index in [0.29, 0.717) is 18.6 Å². The minimum Gasteiger partial charge on any atom is -0.382 e. The van der Waals surface area contributed by atoms with Crippen LogP contribution in [0.5, 0.6) is 0 Å². The van der Waals surface area contributed by atoms with Crippen LogP contribution in [-0.2, 0) is 11.3 Å². The van der Waals surface area contributed by atoms with E-state index in [1.807, 2.05) is 0 Å². The molecule has 0 radical (unpaired) electrons. The highest BCUT2D eigenvalue weighted by Gasteiger charge is 2.23. The Kier molecular flexibility index (Phi) is 5.87. The Balaban J connectivity index is 2.07. The fourth-order valence-corrected chi connectivity index (χ4v) is 3.44. The molecule has 1 aromatic carbocycles. The number of methoxy groups -OCH3 is 1. The number of halogens is 1. The third kappa shape index (κ3) is 3.96. The van der Waals surface area contributed by atoms with Crippen molar-refractivity contribution in [2.75, 3.05) is 32.6 Å². The first-order chi connectivity index (χ1) is 9.61. The molecular formula is C16H25BrN2O. The van der Waals surface area contributed by atoms with E-state index in [0.717, 1.165) is 4.47 Å². The lowest BCUT2D eigenvalue weighted by Gasteiger charge is -2.34. The first-order valence-corrected chi connectivity index (χ1v) is 8.12. The molecule has 1 fully saturated rings. The van der Waals surface area contributed by atoms with Gasteiger partial charge in [0, 0.05) is 35.4 Å². The van der Waals surface area contributed by atoms with Crippen molar-refractivity contribution in [2.24, 2.45) is 5.92 Å². The topological polar surface area (TPSA) is 24.5 Å². The van der Waals surface area contributed by atoms with Gasteiger partial charge < -0.3 is 15.0 Å². The van der Waals surface area contributed by atoms with Crippen molar-refractivity contribution < 1.29 is 4.74 Å². The van der Waals surface area contributed by atoms with Gasteiger partial charge in [-0.3, -0.25) is 0 Å². The van der Waals surface area contributed by atoms with E-state index < -0.39 is 0 Å². The number of nitrogens with zero attached hydrogens (tertiary/aromatic N) is 1. The molecule has 2 atom stereocenters. The average Bonchev–Trinajstić information content (AvgIpc) is 2.42. The Morgan fingerprint density at radius 2 is 2.30 bits per heavy atom. The van der Waals surface area contributed by atoms with Gasteiger partial charge in [-0.15, -0.1) is 0 Å². The van der Waals surface area contributed by atoms with Crippen molar-refractivity contribution >= 4 is 21.6 Å². The van der Waals surface area contributed by atoms with Gasteiger partial charge in [-0.05, 0) is 51.4 Å². The summed E-state index contributed by atoms with van der Waals surface area (Å²) in [5, 5.41) is 3.69. The second kappa shape index (κ2) is 7.43. The number of likely N-dealkylation sites (tertiary alicyclic amines) is 1. The molecule has 3 nitrogen and oxygen atoms in total. The Hall–Kier alpha value is -0.580. The number of anilines is 1. The minimum atomic E-state index is 0.475. The third-order valence-corrected chi connectivity index (χ3v) is 4.90. The fourth-order valence-electron chi connectivity index (χ4n) is 2.96. The number of piperidine rings is 1. The highest BCUT2D eigenvalue weighted by atomic mass is 79.9. The number of nitrogens with one attached hydrogen (secondary N) is 1. The molecule has 0 saturated carbocycles. The van der Waals surface area contributed by atoms with Gasteiger partial charge in [0.05, 0.1) is 6.61 Å². The van der Waals surface area contributed by atoms with Crippen molar-refractivity contribution in [1.29, 1.82) is 0 Å². The average molecular weight is 341 g/mol. The summed E-state index contributed by atoms with van der Waals surface area (Å²) in [4.78, 5) is 2.43. The molecule has 1 aliphatic rings. The number of rotatable bonds is 5. The quantitative estimate of drug-likeness (QED) is 0.883. The maximum absolute atomic E-state index is 5.32. The summed E-state index contributed by atoms with van der Waals surface area (Å²) in [6.07, 6.45) is 2.61. The van der Waals surface area contributed by atoms with Crippen LogP contribution in [0.2, 0.25) is 0 Å². The summed E-state index contributed by atoms with van der Waals surface area (Å²) in [6, 6.07) is 6.76. The molecule has 1 heterocycles. The Bertz CT molecular complexity index is 438. The smallest absolute Gasteiger partial charge is 0.0744 e. The highest BCUT2D eigenvalue weighted by molar-refractivity contribution is 9.10. The van der Waals surface area contributed by atoms with Gasteiger partial charge >= 0.3 is 0 Å². The molecule has 0 spiro atoms. The van der Waals surface area contributed by atoms with Crippen molar-refractivity contribution in [3.8, 4) is 0 Å². The number of benzene rings is 1. The molecule has 1 N–H and O–H groups in total. The Labute approximate surface area is 130 Å². The molecule has 0 aliphatic carbocycles. The summed E-state index contributed by atoms with van der Waals surface area (Å²) in [5.41, 5.74) is 2.38. The van der Waals surface area contributed by atoms with Gasteiger partial charge in [-0.25, -0.2) is 0 Å². The van der Waals surface area contributed by atoms with E-state index in [2.05, 4.69) is 58.3 Å². The van der Waals surface area contributed by atoms with E-state index in [4.69, 9.17) is 4.74 Å². The lowest BCUT2D eigenvalue weighted by atomic mass is 9.91. The second-order valence-electron chi connectivity index (χ2n) is 5.80. The number of ether oxygens (including phenoxy) is 1. The maximum atomic E-state index is 5.32. The van der Waals surface area contributed by atoms with Gasteiger partial charge in [0.15, 0.2) is 0 Å². The first kappa shape index (κ1) is 15.8. The minimum absolute atomic E-state index is 0.475. The molecule has 2 unspecified atom stereocenters. The van der Waals surface area contributed by atoms with Crippen molar-refractivity contribution in [1.82, 2.24) is 4.90 Å². The van der Waals surface area contributed by atoms with Crippen molar-refractivity contribution in [3.63, 3.8) is 0 Å². The molecule has 0 aromatic heterocycles. The Morgan fingerprint density at radius 1 is 1.50 bits per heavy atom. The zero-order chi connectivity index (χ0) is 14.5. The summed E-state index contributed by atoms with van der Waals surface area (Å²) in [7, 11) is 3.96. The van der Waals surface area contributed by atoms with Crippen molar-refractivity contribution in [2.45, 2.75) is 32.4 Å². The zero-order valence-corrected chi connectivity index (χ0v) is 14.2. The molecule has 0 bridgehead atoms. The highest BCUT2D eigenvalue weighted by Crippen LogP contribution is 2.28. The Morgan fingerprint density at radius 3 is 3.00 bits per heavy atom. The monoisotopic (exact) mass is 340 g/mol. The predicted octanol–water partition coefficient (Wildman–Crippen LogP) is 3.74. The molecule has 1 saturated heterocycles. The number of hydrogen-bond donors (Lipinski definition) is 1. The largest absolute Gasteiger partial charge is 0.382 e. The molecule has 4 heteroatoms. The van der Waals surface area contributed by atoms with Crippen LogP contribution < -0.4 is 5.32 Å². The van der Waals surface area contributed by atoms with E-state index in [1.165, 1.54) is 37.2 Å². The van der Waals surface area contributed by atoms with Crippen LogP contribution in [0.1, 0.15) is 25.3 Å². The predicted molar refractivity (Wildman–Crippen MR) is 88.2 cm³/mol. The maximum Gasteiger partial charge on any atom is 0.0744 e. The van der Waals surface area contributed by atoms with Gasteiger partial charge in [-0.2, -0.15) is 0 Å². The van der Waals surface area contributed by atoms with Crippen LogP contribution in [0.15, 0.2) is 22.7 Å². The van der Waals surface area contributed by atoms with Crippen LogP contribution in [0.3, 0.4) is 0 Å². The van der Waals surface area contributed by atoms with Gasteiger partial charge in [0.2, 0.25) is 0 Å². The SMILES string of the molecule is COCc1c(Br)cccc1NC(C)C1CCCN(C)C1. The lowest BCUT2D eigenvalue weighted by molar-refractivity contribution is 0.184. The molecular weight excluding hydrogens is 316 g/mol. The zero-order valence-electron chi connectivity index (χ0n) is 12.7. The second-order valence-corrected chi connectivity index (χ2v) is 6.65. The molecule has 20 heavy (non-hydrogen) atoms. The lowest BCUT2D eigenvalue weighted by Crippen LogP contribution is -2.40. The van der Waals surface area contributed by atoms with E-state index in [-0.39, 0.29) is 0 Å². The van der Waals surface area contributed by atoms with Crippen LogP contribution in [-0.4, -0.2) is 38.2 Å². The van der Waals surface area contributed by atoms with E-state index >= 15 is 0 Å². The van der Waals surface area contributed by atoms with Crippen LogP contribution in [0, 0.1) is 5.92 Å². The van der Waals surface area contributed by atoms with E-state index in [9.17, 15) is 0 Å². The summed E-state index contributed by atoms with van der Waals surface area (Å²) >= 11 is 3.62. The first-order valence-electron chi connectivity index (χ1n) is 7.33. The summed E-state index contributed by atoms with van der Waals surface area (Å²) in [5.74, 6) is 0.711. The van der Waals surface area contributed by atoms with Crippen LogP contribution in [0.4, 0.5) is 5.69 Å². The van der Waals surface area contributed by atoms with Gasteiger partial charge in [-0.1, -0.05) is 22.0 Å². The summed E-state index contributed by atoms with van der Waals surface area (Å²) in [6.45, 7) is 5.33. The standard InChI is InChI=1S/C16H25BrN2O/c1-12(13-6-5-9-19(2)10-13)18-16-8-4-7-15(17)14(16)11-20-3/h4,7-8,12-13,18H,5-6,9-11H2,1-3H3. The van der Waals surface area contributed by atoms with Crippen molar-refractivity contribution in [3.05, 3.63) is 28.2 Å². The molecule has 0 amide bonds. The number of hydrogen-bond acceptors (Lipinski definition) is 3. The third-order valence-electron chi connectivity index (χ3n) is 4.16.